The molecule has 0 aliphatic rings. The average Bonchev–Trinajstić information content (AvgIpc) is 2.52. The minimum atomic E-state index is -0.544. The molecular formula is C19H23FN2O2. The van der Waals surface area contributed by atoms with E-state index in [1.165, 1.54) is 5.56 Å². The van der Waals surface area contributed by atoms with Crippen LogP contribution in [0.1, 0.15) is 30.5 Å². The molecule has 3 N–H and O–H groups in total. The van der Waals surface area contributed by atoms with Gasteiger partial charge < -0.3 is 15.8 Å². The fourth-order valence-electron chi connectivity index (χ4n) is 2.29. The first-order valence-electron chi connectivity index (χ1n) is 7.92. The van der Waals surface area contributed by atoms with Gasteiger partial charge in [-0.05, 0) is 38.0 Å². The maximum atomic E-state index is 14.4. The van der Waals surface area contributed by atoms with Crippen molar-refractivity contribution in [1.29, 1.82) is 0 Å². The van der Waals surface area contributed by atoms with E-state index in [1.807, 2.05) is 31.2 Å². The van der Waals surface area contributed by atoms with Crippen molar-refractivity contribution in [2.24, 2.45) is 0 Å². The molecule has 128 valence electrons. The predicted molar refractivity (Wildman–Crippen MR) is 94.3 cm³/mol. The van der Waals surface area contributed by atoms with E-state index < -0.39 is 11.8 Å². The number of nitrogens with one attached hydrogen (secondary N) is 1. The van der Waals surface area contributed by atoms with Gasteiger partial charge in [-0.25, -0.2) is 4.39 Å². The number of hydrogen-bond donors (Lipinski definition) is 2. The first-order chi connectivity index (χ1) is 11.4. The van der Waals surface area contributed by atoms with Crippen LogP contribution in [0.4, 0.5) is 15.8 Å². The summed E-state index contributed by atoms with van der Waals surface area (Å²) < 4.78 is 19.5. The second-order valence-electron chi connectivity index (χ2n) is 6.05. The molecule has 24 heavy (non-hydrogen) atoms. The Hall–Kier alpha value is -2.56. The van der Waals surface area contributed by atoms with Crippen LogP contribution >= 0.6 is 0 Å². The van der Waals surface area contributed by atoms with Gasteiger partial charge in [0.05, 0.1) is 23.9 Å². The third-order valence-electron chi connectivity index (χ3n) is 3.58. The second-order valence-corrected chi connectivity index (χ2v) is 6.05. The number of aryl methyl sites for hydroxylation is 1. The number of esters is 1. The summed E-state index contributed by atoms with van der Waals surface area (Å²) in [6.45, 7) is 6.03. The van der Waals surface area contributed by atoms with Crippen LogP contribution in [0, 0.1) is 12.7 Å². The first-order valence-corrected chi connectivity index (χ1v) is 7.92. The Morgan fingerprint density at radius 1 is 1.21 bits per heavy atom. The second kappa shape index (κ2) is 7.81. The van der Waals surface area contributed by atoms with Gasteiger partial charge in [0.25, 0.3) is 0 Å². The highest BCUT2D eigenvalue weighted by Crippen LogP contribution is 2.25. The first kappa shape index (κ1) is 17.8. The number of benzene rings is 2. The van der Waals surface area contributed by atoms with Crippen LogP contribution in [0.3, 0.4) is 0 Å². The maximum Gasteiger partial charge on any atom is 0.310 e. The summed E-state index contributed by atoms with van der Waals surface area (Å²) in [4.78, 5) is 11.7. The highest BCUT2D eigenvalue weighted by Gasteiger charge is 2.15. The molecule has 2 aromatic rings. The quantitative estimate of drug-likeness (QED) is 0.624. The monoisotopic (exact) mass is 330 g/mol. The number of nitrogens with two attached hydrogens (primary N) is 1. The van der Waals surface area contributed by atoms with Crippen molar-refractivity contribution in [3.05, 3.63) is 58.9 Å². The van der Waals surface area contributed by atoms with Gasteiger partial charge in [-0.1, -0.05) is 35.9 Å². The third-order valence-corrected chi connectivity index (χ3v) is 3.58. The SMILES string of the molecule is Cc1ccc(CNc2ccc(CC(=O)OC(C)C)c(N)c2F)cc1. The minimum Gasteiger partial charge on any atom is -0.463 e. The van der Waals surface area contributed by atoms with E-state index in [1.54, 1.807) is 26.0 Å². The van der Waals surface area contributed by atoms with Gasteiger partial charge in [-0.3, -0.25) is 4.79 Å². The number of halogens is 1. The number of carbonyl (C=O) groups is 1. The molecule has 0 saturated heterocycles. The zero-order valence-corrected chi connectivity index (χ0v) is 14.2. The fraction of sp³-hybridized carbons (Fsp3) is 0.316. The van der Waals surface area contributed by atoms with Crippen LogP contribution < -0.4 is 11.1 Å². The molecule has 0 bridgehead atoms. The Kier molecular flexibility index (Phi) is 5.79. The van der Waals surface area contributed by atoms with E-state index in [9.17, 15) is 9.18 Å². The molecule has 0 aliphatic heterocycles. The number of nitrogen functional groups attached to an aromatic ring is 1. The predicted octanol–water partition coefficient (Wildman–Crippen LogP) is 3.82. The highest BCUT2D eigenvalue weighted by molar-refractivity contribution is 5.76. The lowest BCUT2D eigenvalue weighted by Gasteiger charge is -2.13. The summed E-state index contributed by atoms with van der Waals surface area (Å²) in [7, 11) is 0. The number of ether oxygens (including phenoxy) is 1. The lowest BCUT2D eigenvalue weighted by Crippen LogP contribution is -2.15. The van der Waals surface area contributed by atoms with Crippen LogP contribution in [0.15, 0.2) is 36.4 Å². The van der Waals surface area contributed by atoms with E-state index in [-0.39, 0.29) is 18.2 Å². The zero-order chi connectivity index (χ0) is 17.7. The molecule has 4 nitrogen and oxygen atoms in total. The topological polar surface area (TPSA) is 64.3 Å². The zero-order valence-electron chi connectivity index (χ0n) is 14.2. The average molecular weight is 330 g/mol. The molecule has 0 unspecified atom stereocenters. The van der Waals surface area contributed by atoms with Crippen molar-refractivity contribution < 1.29 is 13.9 Å². The number of carbonyl (C=O) groups excluding carboxylic acids is 1. The molecule has 0 aromatic heterocycles. The van der Waals surface area contributed by atoms with E-state index >= 15 is 0 Å². The molecule has 0 saturated carbocycles. The van der Waals surface area contributed by atoms with Gasteiger partial charge in [0.15, 0.2) is 5.82 Å². The summed E-state index contributed by atoms with van der Waals surface area (Å²) in [6.07, 6.45) is -0.252. The summed E-state index contributed by atoms with van der Waals surface area (Å²) in [6, 6.07) is 11.2. The van der Waals surface area contributed by atoms with Crippen molar-refractivity contribution in [2.75, 3.05) is 11.1 Å². The van der Waals surface area contributed by atoms with Crippen molar-refractivity contribution in [3.63, 3.8) is 0 Å². The van der Waals surface area contributed by atoms with Crippen molar-refractivity contribution in [3.8, 4) is 0 Å². The standard InChI is InChI=1S/C19H23FN2O2/c1-12(2)24-17(23)10-15-8-9-16(18(20)19(15)21)22-11-14-6-4-13(3)5-7-14/h4-9,12,22H,10-11,21H2,1-3H3. The Bertz CT molecular complexity index is 712. The van der Waals surface area contributed by atoms with E-state index in [4.69, 9.17) is 10.5 Å². The largest absolute Gasteiger partial charge is 0.463 e. The fourth-order valence-corrected chi connectivity index (χ4v) is 2.29. The van der Waals surface area contributed by atoms with Gasteiger partial charge in [0, 0.05) is 6.54 Å². The summed E-state index contributed by atoms with van der Waals surface area (Å²) in [5.41, 5.74) is 8.77. The van der Waals surface area contributed by atoms with Gasteiger partial charge in [0.2, 0.25) is 0 Å². The van der Waals surface area contributed by atoms with Crippen molar-refractivity contribution in [2.45, 2.75) is 39.8 Å². The van der Waals surface area contributed by atoms with Gasteiger partial charge in [-0.15, -0.1) is 0 Å². The number of anilines is 2. The van der Waals surface area contributed by atoms with Crippen molar-refractivity contribution >= 4 is 17.3 Å². The third kappa shape index (κ3) is 4.72. The summed E-state index contributed by atoms with van der Waals surface area (Å²) >= 11 is 0. The van der Waals surface area contributed by atoms with E-state index in [2.05, 4.69) is 5.32 Å². The lowest BCUT2D eigenvalue weighted by atomic mass is 10.1. The molecule has 0 aliphatic carbocycles. The lowest BCUT2D eigenvalue weighted by molar-refractivity contribution is -0.146. The molecule has 0 fully saturated rings. The van der Waals surface area contributed by atoms with Crippen LogP contribution in [-0.2, 0) is 22.5 Å². The van der Waals surface area contributed by atoms with E-state index in [0.29, 0.717) is 17.8 Å². The minimum absolute atomic E-state index is 0.0235. The molecule has 0 amide bonds. The smallest absolute Gasteiger partial charge is 0.310 e. The molecule has 5 heteroatoms. The Morgan fingerprint density at radius 2 is 1.88 bits per heavy atom. The molecule has 2 rings (SSSR count). The van der Waals surface area contributed by atoms with Crippen LogP contribution in [0.2, 0.25) is 0 Å². The normalized spacial score (nSPS) is 10.7. The van der Waals surface area contributed by atoms with Crippen LogP contribution in [0.25, 0.3) is 0 Å². The Balaban J connectivity index is 2.06. The molecule has 0 heterocycles. The molecular weight excluding hydrogens is 307 g/mol. The highest BCUT2D eigenvalue weighted by atomic mass is 19.1. The van der Waals surface area contributed by atoms with Gasteiger partial charge in [-0.2, -0.15) is 0 Å². The summed E-state index contributed by atoms with van der Waals surface area (Å²) in [5.74, 6) is -0.964. The molecule has 0 radical (unpaired) electrons. The number of hydrogen-bond acceptors (Lipinski definition) is 4. The van der Waals surface area contributed by atoms with E-state index in [0.717, 1.165) is 5.56 Å². The molecule has 0 atom stereocenters. The Morgan fingerprint density at radius 3 is 2.50 bits per heavy atom. The number of rotatable bonds is 6. The maximum absolute atomic E-state index is 14.4. The summed E-state index contributed by atoms with van der Waals surface area (Å²) in [5, 5.41) is 3.03. The van der Waals surface area contributed by atoms with Gasteiger partial charge >= 0.3 is 5.97 Å². The molecule has 0 spiro atoms. The molecule has 2 aromatic carbocycles. The van der Waals surface area contributed by atoms with Gasteiger partial charge in [0.1, 0.15) is 0 Å². The van der Waals surface area contributed by atoms with Crippen LogP contribution in [-0.4, -0.2) is 12.1 Å². The Labute approximate surface area is 141 Å². The van der Waals surface area contributed by atoms with Crippen LogP contribution in [0.5, 0.6) is 0 Å². The van der Waals surface area contributed by atoms with Crippen molar-refractivity contribution in [1.82, 2.24) is 0 Å².